The van der Waals surface area contributed by atoms with Crippen molar-refractivity contribution < 1.29 is 14.3 Å². The van der Waals surface area contributed by atoms with E-state index in [0.717, 1.165) is 5.56 Å². The van der Waals surface area contributed by atoms with E-state index in [0.29, 0.717) is 24.6 Å². The zero-order valence-corrected chi connectivity index (χ0v) is 13.0. The number of methoxy groups -OCH3 is 1. The molecule has 0 aliphatic rings. The summed E-state index contributed by atoms with van der Waals surface area (Å²) in [5, 5.41) is 4.51. The van der Waals surface area contributed by atoms with E-state index in [1.807, 2.05) is 23.6 Å². The van der Waals surface area contributed by atoms with Gasteiger partial charge in [-0.3, -0.25) is 15.1 Å². The minimum Gasteiger partial charge on any atom is -0.463 e. The molecule has 0 saturated carbocycles. The van der Waals surface area contributed by atoms with Gasteiger partial charge in [-0.2, -0.15) is 0 Å². The third-order valence-corrected chi connectivity index (χ3v) is 3.49. The van der Waals surface area contributed by atoms with Gasteiger partial charge in [0, 0.05) is 19.5 Å². The number of hydrogen-bond acceptors (Lipinski definition) is 6. The molecule has 0 fully saturated rings. The molecule has 116 valence electrons. The Kier molecular flexibility index (Phi) is 6.53. The molecule has 2 heterocycles. The number of thiophene rings is 1. The number of nitrogens with zero attached hydrogens (tertiary/aromatic N) is 2. The molecule has 2 rings (SSSR count). The van der Waals surface area contributed by atoms with Gasteiger partial charge in [0.05, 0.1) is 18.0 Å². The van der Waals surface area contributed by atoms with Crippen LogP contribution in [0.1, 0.15) is 15.2 Å². The number of hydrogen-bond donors (Lipinski definition) is 1. The lowest BCUT2D eigenvalue weighted by Crippen LogP contribution is -2.33. The highest BCUT2D eigenvalue weighted by atomic mass is 32.1. The number of carbonyl (C=O) groups is 1. The van der Waals surface area contributed by atoms with E-state index in [2.05, 4.69) is 15.3 Å². The van der Waals surface area contributed by atoms with Crippen molar-refractivity contribution in [2.24, 2.45) is 4.99 Å². The molecule has 6 nitrogen and oxygen atoms in total. The molecule has 2 aromatic heterocycles. The Bertz CT molecular complexity index is 600. The first kappa shape index (κ1) is 16.1. The first-order chi connectivity index (χ1) is 10.8. The number of ether oxygens (including phenoxy) is 2. The van der Waals surface area contributed by atoms with Crippen LogP contribution in [0.25, 0.3) is 0 Å². The van der Waals surface area contributed by atoms with Gasteiger partial charge in [0.15, 0.2) is 0 Å². The molecule has 0 atom stereocenters. The highest BCUT2D eigenvalue weighted by Crippen LogP contribution is 2.08. The second kappa shape index (κ2) is 8.91. The lowest BCUT2D eigenvalue weighted by atomic mass is 10.3. The number of rotatable bonds is 6. The second-order valence-corrected chi connectivity index (χ2v) is 5.20. The van der Waals surface area contributed by atoms with Crippen molar-refractivity contribution in [3.8, 4) is 0 Å². The van der Waals surface area contributed by atoms with Gasteiger partial charge in [-0.05, 0) is 23.1 Å². The number of aromatic nitrogens is 1. The summed E-state index contributed by atoms with van der Waals surface area (Å²) in [5.74, 6) is -0.239. The molecule has 7 heteroatoms. The Balaban J connectivity index is 2.00. The maximum atomic E-state index is 12.1. The lowest BCUT2D eigenvalue weighted by Gasteiger charge is -2.10. The number of amidine groups is 1. The molecule has 22 heavy (non-hydrogen) atoms. The highest BCUT2D eigenvalue weighted by molar-refractivity contribution is 7.12. The third kappa shape index (κ3) is 5.27. The van der Waals surface area contributed by atoms with Crippen LogP contribution in [0.3, 0.4) is 0 Å². The molecule has 0 unspecified atom stereocenters. The average Bonchev–Trinajstić information content (AvgIpc) is 3.08. The molecule has 1 amide bonds. The summed E-state index contributed by atoms with van der Waals surface area (Å²) >= 11 is 1.36. The van der Waals surface area contributed by atoms with E-state index in [4.69, 9.17) is 9.47 Å². The van der Waals surface area contributed by atoms with Gasteiger partial charge in [-0.25, -0.2) is 4.99 Å². The average molecular weight is 319 g/mol. The van der Waals surface area contributed by atoms with Gasteiger partial charge >= 0.3 is 0 Å². The van der Waals surface area contributed by atoms with Gasteiger partial charge in [0.2, 0.25) is 0 Å². The summed E-state index contributed by atoms with van der Waals surface area (Å²) in [5.41, 5.74) is 0.931. The third-order valence-electron chi connectivity index (χ3n) is 2.62. The summed E-state index contributed by atoms with van der Waals surface area (Å²) < 4.78 is 10.4. The normalized spacial score (nSPS) is 11.2. The van der Waals surface area contributed by atoms with E-state index in [9.17, 15) is 4.79 Å². The number of nitrogens with one attached hydrogen (secondary N) is 1. The first-order valence-corrected chi connectivity index (χ1v) is 7.57. The molecule has 0 aliphatic heterocycles. The minimum atomic E-state index is -0.239. The first-order valence-electron chi connectivity index (χ1n) is 6.69. The molecular formula is C15H17N3O3S. The molecule has 0 aromatic carbocycles. The summed E-state index contributed by atoms with van der Waals surface area (Å²) in [6, 6.07) is 7.48. The zero-order chi connectivity index (χ0) is 15.6. The Hall–Kier alpha value is -2.25. The SMILES string of the molecule is COCCOC(=NCc1cccnc1)NC(=O)c1cccs1. The Labute approximate surface area is 132 Å². The minimum absolute atomic E-state index is 0.180. The molecule has 0 aliphatic carbocycles. The summed E-state index contributed by atoms with van der Waals surface area (Å²) in [4.78, 5) is 21.0. The van der Waals surface area contributed by atoms with E-state index in [1.165, 1.54) is 11.3 Å². The fourth-order valence-electron chi connectivity index (χ4n) is 1.56. The van der Waals surface area contributed by atoms with Gasteiger partial charge in [-0.15, -0.1) is 11.3 Å². The van der Waals surface area contributed by atoms with Crippen LogP contribution in [0.2, 0.25) is 0 Å². The van der Waals surface area contributed by atoms with Gasteiger partial charge in [-0.1, -0.05) is 12.1 Å². The summed E-state index contributed by atoms with van der Waals surface area (Å²) in [7, 11) is 1.58. The maximum Gasteiger partial charge on any atom is 0.292 e. The van der Waals surface area contributed by atoms with Gasteiger partial charge in [0.1, 0.15) is 6.61 Å². The summed E-state index contributed by atoms with van der Waals surface area (Å²) in [6.45, 7) is 1.11. The molecule has 0 saturated heterocycles. The van der Waals surface area contributed by atoms with Crippen LogP contribution in [0, 0.1) is 0 Å². The van der Waals surface area contributed by atoms with Crippen LogP contribution < -0.4 is 5.32 Å². The van der Waals surface area contributed by atoms with Crippen LogP contribution >= 0.6 is 11.3 Å². The van der Waals surface area contributed by atoms with E-state index < -0.39 is 0 Å². The van der Waals surface area contributed by atoms with E-state index >= 15 is 0 Å². The molecular weight excluding hydrogens is 302 g/mol. The van der Waals surface area contributed by atoms with Crippen molar-refractivity contribution >= 4 is 23.3 Å². The maximum absolute atomic E-state index is 12.1. The molecule has 2 aromatic rings. The number of amides is 1. The highest BCUT2D eigenvalue weighted by Gasteiger charge is 2.10. The van der Waals surface area contributed by atoms with Crippen LogP contribution in [-0.2, 0) is 16.0 Å². The number of aliphatic imine (C=N–C) groups is 1. The van der Waals surface area contributed by atoms with Gasteiger partial charge in [0.25, 0.3) is 11.9 Å². The van der Waals surface area contributed by atoms with Crippen molar-refractivity contribution in [1.82, 2.24) is 10.3 Å². The van der Waals surface area contributed by atoms with Crippen molar-refractivity contribution in [1.29, 1.82) is 0 Å². The largest absolute Gasteiger partial charge is 0.463 e. The Morgan fingerprint density at radius 3 is 2.95 bits per heavy atom. The van der Waals surface area contributed by atoms with E-state index in [-0.39, 0.29) is 11.9 Å². The number of pyridine rings is 1. The fraction of sp³-hybridized carbons (Fsp3) is 0.267. The number of carbonyl (C=O) groups excluding carboxylic acids is 1. The predicted octanol–water partition coefficient (Wildman–Crippen LogP) is 2.09. The van der Waals surface area contributed by atoms with Crippen molar-refractivity contribution in [3.05, 3.63) is 52.5 Å². The lowest BCUT2D eigenvalue weighted by molar-refractivity contribution is 0.0957. The Morgan fingerprint density at radius 2 is 2.27 bits per heavy atom. The topological polar surface area (TPSA) is 72.8 Å². The van der Waals surface area contributed by atoms with Crippen molar-refractivity contribution in [3.63, 3.8) is 0 Å². The molecule has 1 N–H and O–H groups in total. The molecule has 0 spiro atoms. The standard InChI is InChI=1S/C15H17N3O3S/c1-20-7-8-21-15(17-11-12-4-2-6-16-10-12)18-14(19)13-5-3-9-22-13/h2-6,9-10H,7-8,11H2,1H3,(H,17,18,19). The van der Waals surface area contributed by atoms with Gasteiger partial charge < -0.3 is 9.47 Å². The van der Waals surface area contributed by atoms with Crippen LogP contribution in [0.4, 0.5) is 0 Å². The quantitative estimate of drug-likeness (QED) is 0.503. The van der Waals surface area contributed by atoms with Crippen LogP contribution in [-0.4, -0.2) is 37.2 Å². The van der Waals surface area contributed by atoms with E-state index in [1.54, 1.807) is 25.6 Å². The van der Waals surface area contributed by atoms with Crippen molar-refractivity contribution in [2.75, 3.05) is 20.3 Å². The van der Waals surface area contributed by atoms with Crippen LogP contribution in [0.15, 0.2) is 47.0 Å². The molecule has 0 bridgehead atoms. The van der Waals surface area contributed by atoms with Crippen molar-refractivity contribution in [2.45, 2.75) is 6.54 Å². The smallest absolute Gasteiger partial charge is 0.292 e. The second-order valence-electron chi connectivity index (χ2n) is 4.26. The fourth-order valence-corrected chi connectivity index (χ4v) is 2.18. The summed E-state index contributed by atoms with van der Waals surface area (Å²) in [6.07, 6.45) is 3.42. The van der Waals surface area contributed by atoms with Crippen LogP contribution in [0.5, 0.6) is 0 Å². The monoisotopic (exact) mass is 319 g/mol. The molecule has 0 radical (unpaired) electrons. The Morgan fingerprint density at radius 1 is 1.36 bits per heavy atom. The zero-order valence-electron chi connectivity index (χ0n) is 12.2. The predicted molar refractivity (Wildman–Crippen MR) is 85.0 cm³/mol.